The van der Waals surface area contributed by atoms with Gasteiger partial charge in [0.15, 0.2) is 18.0 Å². The lowest BCUT2D eigenvalue weighted by Crippen LogP contribution is -2.66. The molecule has 3 saturated heterocycles. The second-order valence-corrected chi connectivity index (χ2v) is 15.1. The highest BCUT2D eigenvalue weighted by Crippen LogP contribution is 2.36. The topological polar surface area (TPSA) is 314 Å². The number of aliphatic hydroxyl groups excluding tert-OH is 7. The average Bonchev–Trinajstić information content (AvgIpc) is 3.24. The Balaban J connectivity index is 1.06. The van der Waals surface area contributed by atoms with Crippen LogP contribution < -0.4 is 10.2 Å². The minimum Gasteiger partial charge on any atom is -0.508 e. The molecule has 20 nitrogen and oxygen atoms in total. The van der Waals surface area contributed by atoms with E-state index >= 15 is 0 Å². The predicted molar refractivity (Wildman–Crippen MR) is 209 cm³/mol. The molecule has 0 saturated carbocycles. The largest absolute Gasteiger partial charge is 0.508 e. The third-order valence-electron chi connectivity index (χ3n) is 10.7. The Morgan fingerprint density at radius 3 is 1.98 bits per heavy atom. The number of hydrogen-bond donors (Lipinski definition) is 10. The minimum atomic E-state index is -1.98. The zero-order valence-corrected chi connectivity index (χ0v) is 32.9. The van der Waals surface area contributed by atoms with E-state index < -0.39 is 116 Å². The number of phenolic OH excluding ortho intramolecular Hbond substituents is 3. The Bertz CT molecular complexity index is 2260. The second kappa shape index (κ2) is 18.6. The molecule has 0 unspecified atom stereocenters. The van der Waals surface area contributed by atoms with E-state index in [1.54, 1.807) is 12.1 Å². The number of aliphatic hydroxyl groups is 7. The molecule has 334 valence electrons. The number of carbonyl (C=O) groups excluding carboxylic acids is 1. The lowest BCUT2D eigenvalue weighted by molar-refractivity contribution is -0.383. The molecule has 0 spiro atoms. The van der Waals surface area contributed by atoms with Gasteiger partial charge in [-0.1, -0.05) is 12.1 Å². The van der Waals surface area contributed by atoms with Gasteiger partial charge in [0.25, 0.3) is 0 Å². The molecule has 0 bridgehead atoms. The maximum absolute atomic E-state index is 13.0. The van der Waals surface area contributed by atoms with Crippen molar-refractivity contribution in [1.29, 1.82) is 0 Å². The van der Waals surface area contributed by atoms with Crippen molar-refractivity contribution in [2.24, 2.45) is 0 Å². The normalized spacial score (nSPS) is 34.0. The molecule has 0 amide bonds. The summed E-state index contributed by atoms with van der Waals surface area (Å²) in [5.41, 5.74) is 0.307. The first-order chi connectivity index (χ1) is 29.5. The summed E-state index contributed by atoms with van der Waals surface area (Å²) in [6, 6.07) is 15.2. The van der Waals surface area contributed by atoms with Crippen molar-refractivity contribution in [2.75, 3.05) is 6.61 Å². The molecular formula is C42H46O20. The molecule has 3 aromatic carbocycles. The van der Waals surface area contributed by atoms with E-state index in [0.717, 1.165) is 12.1 Å². The number of phenols is 3. The monoisotopic (exact) mass is 870 g/mol. The molecule has 7 rings (SSSR count). The second-order valence-electron chi connectivity index (χ2n) is 15.1. The van der Waals surface area contributed by atoms with Gasteiger partial charge in [0.1, 0.15) is 107 Å². The Hall–Kier alpha value is -5.20. The van der Waals surface area contributed by atoms with Gasteiger partial charge in [0, 0.05) is 29.8 Å². The molecule has 15 atom stereocenters. The fourth-order valence-corrected chi connectivity index (χ4v) is 7.16. The van der Waals surface area contributed by atoms with E-state index in [0.29, 0.717) is 11.1 Å². The van der Waals surface area contributed by atoms with E-state index in [-0.39, 0.29) is 34.0 Å². The number of aromatic hydroxyl groups is 3. The van der Waals surface area contributed by atoms with Gasteiger partial charge >= 0.3 is 5.97 Å². The first-order valence-corrected chi connectivity index (χ1v) is 19.4. The van der Waals surface area contributed by atoms with Crippen molar-refractivity contribution in [3.8, 4) is 34.3 Å². The van der Waals surface area contributed by atoms with Gasteiger partial charge in [-0.15, -0.1) is 0 Å². The van der Waals surface area contributed by atoms with Gasteiger partial charge < -0.3 is 88.6 Å². The molecular weight excluding hydrogens is 824 g/mol. The third kappa shape index (κ3) is 9.56. The molecule has 62 heavy (non-hydrogen) atoms. The van der Waals surface area contributed by atoms with Crippen LogP contribution in [0.15, 0.2) is 82.0 Å². The molecule has 4 heterocycles. The van der Waals surface area contributed by atoms with Crippen molar-refractivity contribution >= 4 is 23.0 Å². The van der Waals surface area contributed by atoms with E-state index in [9.17, 15) is 60.7 Å². The Morgan fingerprint density at radius 1 is 0.661 bits per heavy atom. The fourth-order valence-electron chi connectivity index (χ4n) is 7.16. The van der Waals surface area contributed by atoms with Gasteiger partial charge in [-0.05, 0) is 61.9 Å². The molecule has 20 heteroatoms. The van der Waals surface area contributed by atoms with Crippen LogP contribution in [0, 0.1) is 0 Å². The lowest BCUT2D eigenvalue weighted by atomic mass is 9.96. The number of fused-ring (bicyclic) bond motifs is 1. The lowest BCUT2D eigenvalue weighted by Gasteiger charge is -2.48. The standard InChI is InChI=1S/C42H46O20/c1-17-31(48)35(52)39(62-40-36(53)34(51)33(50)28(60-40)16-55-29(47)12-5-19-3-8-21(43)9-4-19)42(57-17)61-38-32(49)18(2)56-41(37(38)54)58-23-13-24(45)30-25(46)15-26(59-27(30)14-23)20-6-10-22(44)11-7-20/h3-15,17-18,28,31-45,48-54H,16H2,1-2H3/t17-,18-,28+,31-,32-,33+,34-,35+,36+,37+,38+,39+,40-,41-,42-/m0/s1. The summed E-state index contributed by atoms with van der Waals surface area (Å²) in [5.74, 6) is -1.43. The summed E-state index contributed by atoms with van der Waals surface area (Å²) in [5, 5.41) is 107. The van der Waals surface area contributed by atoms with E-state index in [1.165, 1.54) is 68.5 Å². The molecule has 3 aliphatic heterocycles. The number of esters is 1. The number of benzene rings is 3. The van der Waals surface area contributed by atoms with Crippen molar-refractivity contribution < 1.29 is 93.4 Å². The average molecular weight is 871 g/mol. The van der Waals surface area contributed by atoms with Crippen LogP contribution >= 0.6 is 0 Å². The highest BCUT2D eigenvalue weighted by molar-refractivity contribution is 5.87. The van der Waals surface area contributed by atoms with Crippen LogP contribution in [0.25, 0.3) is 28.4 Å². The third-order valence-corrected chi connectivity index (χ3v) is 10.7. The van der Waals surface area contributed by atoms with Crippen molar-refractivity contribution in [1.82, 2.24) is 0 Å². The molecule has 4 aromatic rings. The first kappa shape index (κ1) is 44.8. The van der Waals surface area contributed by atoms with Crippen molar-refractivity contribution in [3.05, 3.63) is 88.6 Å². The van der Waals surface area contributed by atoms with Gasteiger partial charge in [0.05, 0.1) is 12.2 Å². The highest BCUT2D eigenvalue weighted by Gasteiger charge is 2.53. The van der Waals surface area contributed by atoms with Crippen molar-refractivity contribution in [2.45, 2.75) is 106 Å². The zero-order chi connectivity index (χ0) is 44.6. The maximum Gasteiger partial charge on any atom is 0.330 e. The first-order valence-electron chi connectivity index (χ1n) is 19.4. The van der Waals surface area contributed by atoms with Crippen molar-refractivity contribution in [3.63, 3.8) is 0 Å². The summed E-state index contributed by atoms with van der Waals surface area (Å²) in [6.45, 7) is 2.17. The molecule has 10 N–H and O–H groups in total. The van der Waals surface area contributed by atoms with Crippen LogP contribution in [-0.2, 0) is 33.2 Å². The zero-order valence-electron chi connectivity index (χ0n) is 32.9. The van der Waals surface area contributed by atoms with Gasteiger partial charge in [0.2, 0.25) is 6.29 Å². The summed E-state index contributed by atoms with van der Waals surface area (Å²) in [6.07, 6.45) is -22.6. The molecule has 1 aromatic heterocycles. The van der Waals surface area contributed by atoms with E-state index in [1.807, 2.05) is 0 Å². The number of rotatable bonds is 11. The molecule has 0 radical (unpaired) electrons. The highest BCUT2D eigenvalue weighted by atomic mass is 16.8. The smallest absolute Gasteiger partial charge is 0.330 e. The minimum absolute atomic E-state index is 0.0136. The van der Waals surface area contributed by atoms with Crippen LogP contribution in [0.2, 0.25) is 0 Å². The van der Waals surface area contributed by atoms with Crippen LogP contribution in [0.5, 0.6) is 23.0 Å². The Kier molecular flexibility index (Phi) is 13.5. The number of carbonyl (C=O) groups is 1. The molecule has 0 aliphatic carbocycles. The van der Waals surface area contributed by atoms with Gasteiger partial charge in [-0.25, -0.2) is 4.79 Å². The van der Waals surface area contributed by atoms with Crippen LogP contribution in [0.1, 0.15) is 19.4 Å². The summed E-state index contributed by atoms with van der Waals surface area (Å²) < 4.78 is 46.1. The van der Waals surface area contributed by atoms with Gasteiger partial charge in [-0.3, -0.25) is 4.79 Å². The van der Waals surface area contributed by atoms with E-state index in [2.05, 4.69) is 0 Å². The van der Waals surface area contributed by atoms with E-state index in [4.69, 9.17) is 37.6 Å². The SMILES string of the molecule is C[C@@H]1O[C@@H](O[C@@H]2[C@@H](O)[C@H](C)O[C@@H](Oc3cc(O)c4c(=O)cc(-c5ccc(O)cc5)oc4c3)[C@@H]2O)[C@H](O[C@@H]2O[C@H](COC(=O)C=Cc3ccc(O)cc3)[C@@H](O)[C@H](O)[C@H]2O)[C@H](O)[C@H]1O. The Labute approximate surface area is 351 Å². The predicted octanol–water partition coefficient (Wildman–Crippen LogP) is -0.277. The quantitative estimate of drug-likeness (QED) is 0.0685. The van der Waals surface area contributed by atoms with Gasteiger partial charge in [-0.2, -0.15) is 0 Å². The number of hydrogen-bond acceptors (Lipinski definition) is 20. The maximum atomic E-state index is 13.0. The summed E-state index contributed by atoms with van der Waals surface area (Å²) >= 11 is 0. The molecule has 3 aliphatic rings. The van der Waals surface area contributed by atoms with Crippen LogP contribution in [0.3, 0.4) is 0 Å². The van der Waals surface area contributed by atoms with Crippen LogP contribution in [0.4, 0.5) is 0 Å². The summed E-state index contributed by atoms with van der Waals surface area (Å²) in [7, 11) is 0. The fraction of sp³-hybridized carbons (Fsp3) is 0.429. The molecule has 3 fully saturated rings. The summed E-state index contributed by atoms with van der Waals surface area (Å²) in [4.78, 5) is 25.4. The van der Waals surface area contributed by atoms with Crippen LogP contribution in [-0.4, -0.2) is 156 Å². The number of ether oxygens (including phenoxy) is 7. The Morgan fingerprint density at radius 2 is 1.29 bits per heavy atom.